The van der Waals surface area contributed by atoms with E-state index in [4.69, 9.17) is 9.84 Å². The molecule has 0 aromatic heterocycles. The maximum absolute atomic E-state index is 11.3. The topological polar surface area (TPSA) is 87.1 Å². The first kappa shape index (κ1) is 23.1. The van der Waals surface area contributed by atoms with Crippen LogP contribution in [0.2, 0.25) is 0 Å². The average Bonchev–Trinajstić information content (AvgIpc) is 3.30. The van der Waals surface area contributed by atoms with E-state index in [9.17, 15) is 14.7 Å². The first-order chi connectivity index (χ1) is 13.3. The third kappa shape index (κ3) is 7.00. The molecular formula is C23H38O5. The molecule has 6 atom stereocenters. The van der Waals surface area contributed by atoms with Gasteiger partial charge in [0, 0.05) is 6.42 Å². The highest BCUT2D eigenvalue weighted by Gasteiger charge is 2.45. The number of allylic oxidation sites excluding steroid dienone is 1. The Balaban J connectivity index is 1.68. The van der Waals surface area contributed by atoms with E-state index in [2.05, 4.69) is 20.4 Å². The zero-order chi connectivity index (χ0) is 20.7. The third-order valence-electron chi connectivity index (χ3n) is 6.64. The first-order valence-corrected chi connectivity index (χ1v) is 11.1. The number of aliphatic hydroxyl groups excluding tert-OH is 1. The van der Waals surface area contributed by atoms with Crippen molar-refractivity contribution in [3.63, 3.8) is 0 Å². The molecule has 28 heavy (non-hydrogen) atoms. The van der Waals surface area contributed by atoms with Crippen molar-refractivity contribution in [3.8, 4) is 0 Å². The summed E-state index contributed by atoms with van der Waals surface area (Å²) in [4.78, 5) is 21.9. The van der Waals surface area contributed by atoms with Crippen LogP contribution in [-0.4, -0.2) is 40.3 Å². The molecule has 2 N–H and O–H groups in total. The van der Waals surface area contributed by atoms with E-state index in [-0.39, 0.29) is 18.6 Å². The number of ketones is 1. The number of carboxylic acid groups (broad SMARTS) is 1. The number of unbranched alkanes of at least 4 members (excludes halogenated alkanes) is 2. The Morgan fingerprint density at radius 1 is 1.21 bits per heavy atom. The van der Waals surface area contributed by atoms with Crippen LogP contribution >= 0.6 is 0 Å². The lowest BCUT2D eigenvalue weighted by Gasteiger charge is -2.20. The SMILES string of the molecule is C=C1CC[C@H](CCCCC(C)CCCC)[C@H]1C[C@H]1OC1CC(O)C(=O)C(=O)O. The molecule has 160 valence electrons. The minimum absolute atomic E-state index is 0.0210. The molecule has 0 aromatic carbocycles. The van der Waals surface area contributed by atoms with Crippen molar-refractivity contribution in [3.05, 3.63) is 12.2 Å². The van der Waals surface area contributed by atoms with E-state index in [0.29, 0.717) is 11.8 Å². The number of carbonyl (C=O) groups excluding carboxylic acids is 1. The van der Waals surface area contributed by atoms with Crippen molar-refractivity contribution >= 4 is 11.8 Å². The molecule has 5 heteroatoms. The Morgan fingerprint density at radius 2 is 1.93 bits per heavy atom. The molecule has 1 heterocycles. The molecule has 1 aliphatic carbocycles. The number of aliphatic hydroxyl groups is 1. The van der Waals surface area contributed by atoms with E-state index >= 15 is 0 Å². The van der Waals surface area contributed by atoms with Gasteiger partial charge in [-0.2, -0.15) is 0 Å². The minimum Gasteiger partial charge on any atom is -0.475 e. The van der Waals surface area contributed by atoms with Crippen molar-refractivity contribution < 1.29 is 24.5 Å². The second kappa shape index (κ2) is 11.1. The molecule has 0 aromatic rings. The number of aliphatic carboxylic acids is 1. The zero-order valence-corrected chi connectivity index (χ0v) is 17.6. The fraction of sp³-hybridized carbons (Fsp3) is 0.826. The molecular weight excluding hydrogens is 356 g/mol. The summed E-state index contributed by atoms with van der Waals surface area (Å²) in [5.41, 5.74) is 1.30. The highest BCUT2D eigenvalue weighted by molar-refractivity contribution is 6.34. The summed E-state index contributed by atoms with van der Waals surface area (Å²) in [5, 5.41) is 18.4. The Kier molecular flexibility index (Phi) is 9.16. The minimum atomic E-state index is -1.59. The molecule has 1 saturated carbocycles. The van der Waals surface area contributed by atoms with E-state index in [1.54, 1.807) is 0 Å². The van der Waals surface area contributed by atoms with E-state index in [1.807, 2.05) is 0 Å². The first-order valence-electron chi connectivity index (χ1n) is 11.1. The molecule has 0 spiro atoms. The number of hydrogen-bond donors (Lipinski definition) is 2. The van der Waals surface area contributed by atoms with Gasteiger partial charge in [-0.25, -0.2) is 4.79 Å². The molecule has 0 amide bonds. The number of carbonyl (C=O) groups is 2. The van der Waals surface area contributed by atoms with Gasteiger partial charge in [0.1, 0.15) is 6.10 Å². The van der Waals surface area contributed by atoms with Gasteiger partial charge >= 0.3 is 5.97 Å². The molecule has 5 nitrogen and oxygen atoms in total. The normalized spacial score (nSPS) is 28.9. The van der Waals surface area contributed by atoms with Crippen molar-refractivity contribution in [1.82, 2.24) is 0 Å². The van der Waals surface area contributed by atoms with Crippen LogP contribution in [-0.2, 0) is 14.3 Å². The average molecular weight is 395 g/mol. The Hall–Kier alpha value is -1.20. The Bertz CT molecular complexity index is 543. The number of rotatable bonds is 14. The fourth-order valence-electron chi connectivity index (χ4n) is 4.71. The van der Waals surface area contributed by atoms with Crippen LogP contribution in [0, 0.1) is 17.8 Å². The second-order valence-electron chi connectivity index (χ2n) is 8.96. The lowest BCUT2D eigenvalue weighted by Crippen LogP contribution is -2.29. The van der Waals surface area contributed by atoms with Crippen LogP contribution < -0.4 is 0 Å². The molecule has 2 aliphatic rings. The lowest BCUT2D eigenvalue weighted by molar-refractivity contribution is -0.153. The summed E-state index contributed by atoms with van der Waals surface area (Å²) in [7, 11) is 0. The monoisotopic (exact) mass is 394 g/mol. The van der Waals surface area contributed by atoms with Crippen LogP contribution in [0.5, 0.6) is 0 Å². The highest BCUT2D eigenvalue weighted by atomic mass is 16.6. The predicted octanol–water partition coefficient (Wildman–Crippen LogP) is 4.52. The third-order valence-corrected chi connectivity index (χ3v) is 6.64. The van der Waals surface area contributed by atoms with Gasteiger partial charge in [-0.05, 0) is 43.4 Å². The van der Waals surface area contributed by atoms with Gasteiger partial charge in [0.25, 0.3) is 5.78 Å². The lowest BCUT2D eigenvalue weighted by atomic mass is 9.84. The summed E-state index contributed by atoms with van der Waals surface area (Å²) >= 11 is 0. The summed E-state index contributed by atoms with van der Waals surface area (Å²) in [6, 6.07) is 0. The zero-order valence-electron chi connectivity index (χ0n) is 17.6. The Labute approximate surface area is 169 Å². The number of Topliss-reactive ketones (excluding diaryl/α,β-unsaturated/α-hetero) is 1. The van der Waals surface area contributed by atoms with Gasteiger partial charge in [-0.1, -0.05) is 64.5 Å². The second-order valence-corrected chi connectivity index (χ2v) is 8.96. The van der Waals surface area contributed by atoms with Gasteiger partial charge in [0.05, 0.1) is 12.2 Å². The van der Waals surface area contributed by atoms with E-state index < -0.39 is 17.9 Å². The summed E-state index contributed by atoms with van der Waals surface area (Å²) in [6.07, 6.45) is 10.7. The number of carboxylic acids is 1. The van der Waals surface area contributed by atoms with E-state index in [1.165, 1.54) is 56.9 Å². The van der Waals surface area contributed by atoms with Crippen LogP contribution in [0.1, 0.15) is 84.5 Å². The van der Waals surface area contributed by atoms with Crippen molar-refractivity contribution in [1.29, 1.82) is 0 Å². The molecule has 1 aliphatic heterocycles. The van der Waals surface area contributed by atoms with Crippen LogP contribution in [0.4, 0.5) is 0 Å². The van der Waals surface area contributed by atoms with Crippen molar-refractivity contribution in [2.45, 2.75) is 103 Å². The number of ether oxygens (including phenoxy) is 1. The number of hydrogen-bond acceptors (Lipinski definition) is 4. The number of epoxide rings is 1. The quantitative estimate of drug-likeness (QED) is 0.196. The van der Waals surface area contributed by atoms with Crippen molar-refractivity contribution in [2.75, 3.05) is 0 Å². The maximum Gasteiger partial charge on any atom is 0.374 e. The molecule has 2 fully saturated rings. The fourth-order valence-corrected chi connectivity index (χ4v) is 4.71. The summed E-state index contributed by atoms with van der Waals surface area (Å²) in [5.74, 6) is -0.785. The molecule has 1 saturated heterocycles. The molecule has 0 bridgehead atoms. The predicted molar refractivity (Wildman–Crippen MR) is 109 cm³/mol. The molecule has 3 unspecified atom stereocenters. The Morgan fingerprint density at radius 3 is 2.61 bits per heavy atom. The van der Waals surface area contributed by atoms with Crippen molar-refractivity contribution in [2.24, 2.45) is 17.8 Å². The maximum atomic E-state index is 11.3. The standard InChI is InChI=1S/C23H38O5/c1-4-5-8-15(2)9-6-7-10-17-12-11-16(3)18(17)13-20-21(28-20)14-19(24)22(25)23(26)27/h15,17-21,24H,3-14H2,1-2H3,(H,26,27)/t15?,17-,18-,19?,20+,21?/m0/s1. The van der Waals surface area contributed by atoms with Gasteiger partial charge in [0.15, 0.2) is 0 Å². The summed E-state index contributed by atoms with van der Waals surface area (Å²) < 4.78 is 5.62. The molecule has 0 radical (unpaired) electrons. The summed E-state index contributed by atoms with van der Waals surface area (Å²) in [6.45, 7) is 8.87. The van der Waals surface area contributed by atoms with Crippen LogP contribution in [0.3, 0.4) is 0 Å². The molecule has 2 rings (SSSR count). The van der Waals surface area contributed by atoms with Gasteiger partial charge in [-0.3, -0.25) is 4.79 Å². The van der Waals surface area contributed by atoms with Gasteiger partial charge in [0.2, 0.25) is 0 Å². The van der Waals surface area contributed by atoms with Crippen LogP contribution in [0.15, 0.2) is 12.2 Å². The smallest absolute Gasteiger partial charge is 0.374 e. The van der Waals surface area contributed by atoms with E-state index in [0.717, 1.165) is 18.8 Å². The largest absolute Gasteiger partial charge is 0.475 e. The highest BCUT2D eigenvalue weighted by Crippen LogP contribution is 2.45. The van der Waals surface area contributed by atoms with Crippen LogP contribution in [0.25, 0.3) is 0 Å². The van der Waals surface area contributed by atoms with Gasteiger partial charge < -0.3 is 14.9 Å². The van der Waals surface area contributed by atoms with Gasteiger partial charge in [-0.15, -0.1) is 0 Å².